The molecule has 0 radical (unpaired) electrons. The van der Waals surface area contributed by atoms with Gasteiger partial charge in [-0.2, -0.15) is 0 Å². The zero-order valence-corrected chi connectivity index (χ0v) is 8.85. The van der Waals surface area contributed by atoms with E-state index in [1.807, 2.05) is 0 Å². The molecule has 1 rings (SSSR count). The maximum atomic E-state index is 11.3. The largest absolute Gasteiger partial charge is 0.283 e. The highest BCUT2D eigenvalue weighted by Crippen LogP contribution is 2.13. The Morgan fingerprint density at radius 1 is 1.64 bits per heavy atom. The molecule has 0 aliphatic carbocycles. The standard InChI is InChI=1S/C8H9ClN2O2S/c1-2-5-14(12,13)11-7-3-4-10-8(9)6-7/h2-4,6H,1,5H2,(H,10,11). The SMILES string of the molecule is C=CCS(=O)(=O)Nc1ccnc(Cl)c1. The van der Waals surface area contributed by atoms with Crippen molar-refractivity contribution in [3.05, 3.63) is 36.1 Å². The summed E-state index contributed by atoms with van der Waals surface area (Å²) in [6, 6.07) is 2.95. The first-order valence-electron chi connectivity index (χ1n) is 3.76. The number of nitrogens with one attached hydrogen (secondary N) is 1. The summed E-state index contributed by atoms with van der Waals surface area (Å²) in [4.78, 5) is 3.73. The van der Waals surface area contributed by atoms with E-state index >= 15 is 0 Å². The molecule has 0 spiro atoms. The first-order chi connectivity index (χ1) is 6.53. The molecule has 0 saturated heterocycles. The van der Waals surface area contributed by atoms with Gasteiger partial charge in [-0.15, -0.1) is 6.58 Å². The monoisotopic (exact) mass is 232 g/mol. The number of rotatable bonds is 4. The van der Waals surface area contributed by atoms with Gasteiger partial charge in [-0.25, -0.2) is 13.4 Å². The first kappa shape index (κ1) is 11.0. The molecular weight excluding hydrogens is 224 g/mol. The lowest BCUT2D eigenvalue weighted by Gasteiger charge is -2.05. The number of anilines is 1. The van der Waals surface area contributed by atoms with Crippen molar-refractivity contribution in [1.82, 2.24) is 4.98 Å². The van der Waals surface area contributed by atoms with Gasteiger partial charge < -0.3 is 0 Å². The summed E-state index contributed by atoms with van der Waals surface area (Å²) in [5, 5.41) is 0.240. The molecule has 0 aliphatic rings. The number of hydrogen-bond acceptors (Lipinski definition) is 3. The fourth-order valence-corrected chi connectivity index (χ4v) is 1.90. The van der Waals surface area contributed by atoms with Crippen LogP contribution in [0.1, 0.15) is 0 Å². The minimum Gasteiger partial charge on any atom is -0.283 e. The van der Waals surface area contributed by atoms with Crippen molar-refractivity contribution < 1.29 is 8.42 Å². The van der Waals surface area contributed by atoms with Gasteiger partial charge in [0.25, 0.3) is 0 Å². The molecule has 0 unspecified atom stereocenters. The van der Waals surface area contributed by atoms with Crippen LogP contribution in [0, 0.1) is 0 Å². The molecule has 0 fully saturated rings. The Kier molecular flexibility index (Phi) is 3.49. The van der Waals surface area contributed by atoms with Gasteiger partial charge in [-0.3, -0.25) is 4.72 Å². The first-order valence-corrected chi connectivity index (χ1v) is 5.79. The summed E-state index contributed by atoms with van der Waals surface area (Å²) in [6.07, 6.45) is 2.74. The molecule has 1 aromatic rings. The van der Waals surface area contributed by atoms with Gasteiger partial charge in [0.2, 0.25) is 10.0 Å². The molecule has 1 heterocycles. The number of halogens is 1. The van der Waals surface area contributed by atoms with Crippen LogP contribution < -0.4 is 4.72 Å². The van der Waals surface area contributed by atoms with Gasteiger partial charge in [0.05, 0.1) is 11.4 Å². The van der Waals surface area contributed by atoms with E-state index in [1.165, 1.54) is 24.4 Å². The van der Waals surface area contributed by atoms with Gasteiger partial charge in [0.1, 0.15) is 5.15 Å². The summed E-state index contributed by atoms with van der Waals surface area (Å²) < 4.78 is 24.9. The fraction of sp³-hybridized carbons (Fsp3) is 0.125. The Hall–Kier alpha value is -1.07. The van der Waals surface area contributed by atoms with Gasteiger partial charge in [0.15, 0.2) is 0 Å². The molecule has 14 heavy (non-hydrogen) atoms. The maximum absolute atomic E-state index is 11.3. The second kappa shape index (κ2) is 4.43. The highest BCUT2D eigenvalue weighted by Gasteiger charge is 2.07. The molecule has 0 amide bonds. The highest BCUT2D eigenvalue weighted by atomic mass is 35.5. The van der Waals surface area contributed by atoms with Crippen LogP contribution in [0.2, 0.25) is 5.15 Å². The molecule has 1 N–H and O–H groups in total. The predicted octanol–water partition coefficient (Wildman–Crippen LogP) is 1.66. The second-order valence-electron chi connectivity index (χ2n) is 2.54. The van der Waals surface area contributed by atoms with E-state index in [0.29, 0.717) is 5.69 Å². The summed E-state index contributed by atoms with van der Waals surface area (Å²) in [5.74, 6) is -0.132. The van der Waals surface area contributed by atoms with Crippen LogP contribution in [0.3, 0.4) is 0 Å². The van der Waals surface area contributed by atoms with E-state index in [-0.39, 0.29) is 10.9 Å². The van der Waals surface area contributed by atoms with Crippen molar-refractivity contribution in [2.45, 2.75) is 0 Å². The van der Waals surface area contributed by atoms with Crippen LogP contribution in [0.4, 0.5) is 5.69 Å². The number of aromatic nitrogens is 1. The second-order valence-corrected chi connectivity index (χ2v) is 4.69. The summed E-state index contributed by atoms with van der Waals surface area (Å²) in [6.45, 7) is 3.35. The Balaban J connectivity index is 2.84. The summed E-state index contributed by atoms with van der Waals surface area (Å²) in [7, 11) is -3.36. The van der Waals surface area contributed by atoms with Crippen molar-refractivity contribution in [3.8, 4) is 0 Å². The van der Waals surface area contributed by atoms with Crippen molar-refractivity contribution >= 4 is 27.3 Å². The van der Waals surface area contributed by atoms with Crippen LogP contribution in [0.5, 0.6) is 0 Å². The fourth-order valence-electron chi connectivity index (χ4n) is 0.842. The van der Waals surface area contributed by atoms with Crippen molar-refractivity contribution in [2.75, 3.05) is 10.5 Å². The van der Waals surface area contributed by atoms with Crippen LogP contribution in [-0.2, 0) is 10.0 Å². The molecule has 0 bridgehead atoms. The van der Waals surface area contributed by atoms with Gasteiger partial charge in [0, 0.05) is 6.20 Å². The number of sulfonamides is 1. The smallest absolute Gasteiger partial charge is 0.236 e. The molecule has 0 aromatic carbocycles. The molecule has 0 aliphatic heterocycles. The number of pyridine rings is 1. The van der Waals surface area contributed by atoms with Gasteiger partial charge in [-0.1, -0.05) is 17.7 Å². The van der Waals surface area contributed by atoms with Crippen LogP contribution in [-0.4, -0.2) is 19.2 Å². The topological polar surface area (TPSA) is 59.1 Å². The average molecular weight is 233 g/mol. The molecule has 0 saturated carbocycles. The lowest BCUT2D eigenvalue weighted by molar-refractivity contribution is 0.604. The van der Waals surface area contributed by atoms with E-state index in [4.69, 9.17) is 11.6 Å². The maximum Gasteiger partial charge on any atom is 0.236 e. The predicted molar refractivity (Wildman–Crippen MR) is 56.9 cm³/mol. The summed E-state index contributed by atoms with van der Waals surface area (Å²) in [5.41, 5.74) is 0.395. The molecule has 1 aromatic heterocycles. The third-order valence-corrected chi connectivity index (χ3v) is 2.77. The van der Waals surface area contributed by atoms with Crippen molar-refractivity contribution in [2.24, 2.45) is 0 Å². The Bertz CT molecular complexity index is 431. The van der Waals surface area contributed by atoms with Crippen LogP contribution in [0.25, 0.3) is 0 Å². The minimum absolute atomic E-state index is 0.132. The summed E-state index contributed by atoms with van der Waals surface area (Å²) >= 11 is 5.58. The zero-order valence-electron chi connectivity index (χ0n) is 7.27. The van der Waals surface area contributed by atoms with E-state index in [9.17, 15) is 8.42 Å². The molecule has 4 nitrogen and oxygen atoms in total. The molecule has 0 atom stereocenters. The average Bonchev–Trinajstić information content (AvgIpc) is 2.02. The minimum atomic E-state index is -3.36. The van der Waals surface area contributed by atoms with E-state index in [0.717, 1.165) is 0 Å². The molecular formula is C8H9ClN2O2S. The lowest BCUT2D eigenvalue weighted by Crippen LogP contribution is -2.15. The van der Waals surface area contributed by atoms with E-state index in [2.05, 4.69) is 16.3 Å². The Morgan fingerprint density at radius 3 is 2.93 bits per heavy atom. The van der Waals surface area contributed by atoms with E-state index in [1.54, 1.807) is 0 Å². The zero-order chi connectivity index (χ0) is 10.6. The Morgan fingerprint density at radius 2 is 2.36 bits per heavy atom. The number of nitrogens with zero attached hydrogens (tertiary/aromatic N) is 1. The lowest BCUT2D eigenvalue weighted by atomic mass is 10.4. The normalized spacial score (nSPS) is 10.9. The molecule has 76 valence electrons. The Labute approximate surface area is 87.7 Å². The third-order valence-electron chi connectivity index (χ3n) is 1.34. The quantitative estimate of drug-likeness (QED) is 0.635. The van der Waals surface area contributed by atoms with Gasteiger partial charge in [-0.05, 0) is 12.1 Å². The number of hydrogen-bond donors (Lipinski definition) is 1. The highest BCUT2D eigenvalue weighted by molar-refractivity contribution is 7.92. The third kappa shape index (κ3) is 3.35. The van der Waals surface area contributed by atoms with Crippen molar-refractivity contribution in [3.63, 3.8) is 0 Å². The van der Waals surface area contributed by atoms with Crippen LogP contribution in [0.15, 0.2) is 31.0 Å². The van der Waals surface area contributed by atoms with Gasteiger partial charge >= 0.3 is 0 Å². The van der Waals surface area contributed by atoms with Crippen molar-refractivity contribution in [1.29, 1.82) is 0 Å². The van der Waals surface area contributed by atoms with Crippen LogP contribution >= 0.6 is 11.6 Å². The van der Waals surface area contributed by atoms with E-state index < -0.39 is 10.0 Å². The molecule has 6 heteroatoms.